The maximum absolute atomic E-state index is 15.7. The van der Waals surface area contributed by atoms with Gasteiger partial charge in [0.25, 0.3) is 5.91 Å². The van der Waals surface area contributed by atoms with Gasteiger partial charge in [0.05, 0.1) is 24.9 Å². The predicted molar refractivity (Wildman–Crippen MR) is 187 cm³/mol. The molecule has 1 aromatic heterocycles. The fourth-order valence-electron chi connectivity index (χ4n) is 6.81. The number of fused-ring (bicyclic) bond motifs is 2. The number of amides is 1. The van der Waals surface area contributed by atoms with Crippen molar-refractivity contribution in [1.29, 1.82) is 0 Å². The summed E-state index contributed by atoms with van der Waals surface area (Å²) >= 11 is 0. The fourth-order valence-corrected chi connectivity index (χ4v) is 6.81. The number of piperidine rings is 1. The molecule has 1 fully saturated rings. The topological polar surface area (TPSA) is 117 Å². The molecular weight excluding hydrogens is 656 g/mol. The van der Waals surface area contributed by atoms with Gasteiger partial charge in [-0.3, -0.25) is 9.59 Å². The van der Waals surface area contributed by atoms with Crippen molar-refractivity contribution in [1.82, 2.24) is 19.8 Å². The molecule has 12 heteroatoms. The van der Waals surface area contributed by atoms with E-state index in [1.54, 1.807) is 49.6 Å². The van der Waals surface area contributed by atoms with Crippen molar-refractivity contribution < 1.29 is 33.0 Å². The van der Waals surface area contributed by atoms with Crippen molar-refractivity contribution in [3.8, 4) is 17.2 Å². The molecule has 2 N–H and O–H groups in total. The van der Waals surface area contributed by atoms with Gasteiger partial charge in [0.2, 0.25) is 0 Å². The first-order valence-electron chi connectivity index (χ1n) is 16.8. The van der Waals surface area contributed by atoms with Gasteiger partial charge in [0.1, 0.15) is 35.6 Å². The smallest absolute Gasteiger partial charge is 0.255 e. The van der Waals surface area contributed by atoms with Crippen LogP contribution in [0.4, 0.5) is 20.3 Å². The van der Waals surface area contributed by atoms with Gasteiger partial charge in [-0.15, -0.1) is 0 Å². The van der Waals surface area contributed by atoms with Crippen LogP contribution in [-0.2, 0) is 17.8 Å². The summed E-state index contributed by atoms with van der Waals surface area (Å²) in [4.78, 5) is 39.7. The molecular formula is C39H37F2N5O5. The lowest BCUT2D eigenvalue weighted by Gasteiger charge is -2.28. The number of phenols is 1. The highest BCUT2D eigenvalue weighted by atomic mass is 19.1. The summed E-state index contributed by atoms with van der Waals surface area (Å²) in [6.07, 6.45) is 3.21. The number of nitrogens with one attached hydrogen (secondary N) is 1. The van der Waals surface area contributed by atoms with Crippen molar-refractivity contribution in [3.63, 3.8) is 0 Å². The number of anilines is 2. The van der Waals surface area contributed by atoms with E-state index >= 15 is 4.39 Å². The second-order valence-corrected chi connectivity index (χ2v) is 13.1. The molecule has 2 aliphatic heterocycles. The van der Waals surface area contributed by atoms with Crippen LogP contribution in [0, 0.1) is 17.6 Å². The zero-order valence-electron chi connectivity index (χ0n) is 28.2. The Morgan fingerprint density at radius 2 is 1.82 bits per heavy atom. The van der Waals surface area contributed by atoms with Gasteiger partial charge in [-0.2, -0.15) is 0 Å². The molecule has 0 spiro atoms. The van der Waals surface area contributed by atoms with Crippen molar-refractivity contribution in [2.45, 2.75) is 31.8 Å². The van der Waals surface area contributed by atoms with E-state index in [2.05, 4.69) is 27.2 Å². The SMILES string of the molecule is COc1cc2c(Nc3ccc(CC(=O)C(c4cc(F)ccc4O)N4Cc5ccccc5C4=O)cc3F)ncnc2cc1OCC1CCN(C)CC1. The van der Waals surface area contributed by atoms with Crippen molar-refractivity contribution in [3.05, 3.63) is 113 Å². The maximum atomic E-state index is 15.7. The Morgan fingerprint density at radius 1 is 1.02 bits per heavy atom. The Bertz CT molecular complexity index is 2120. The molecule has 0 saturated carbocycles. The maximum Gasteiger partial charge on any atom is 0.255 e. The molecule has 51 heavy (non-hydrogen) atoms. The molecule has 7 rings (SSSR count). The van der Waals surface area contributed by atoms with Crippen LogP contribution in [-0.4, -0.2) is 70.4 Å². The number of methoxy groups -OCH3 is 1. The summed E-state index contributed by atoms with van der Waals surface area (Å²) in [5.41, 5.74) is 2.12. The van der Waals surface area contributed by atoms with Crippen LogP contribution in [0.3, 0.4) is 0 Å². The van der Waals surface area contributed by atoms with Gasteiger partial charge < -0.3 is 29.7 Å². The number of phenolic OH excluding ortho intramolecular Hbond substituents is 1. The molecule has 0 bridgehead atoms. The molecule has 0 radical (unpaired) electrons. The standard InChI is InChI=1S/C39H37F2N5O5/c1-45-13-11-23(12-14-45)21-51-36-19-32-28(18-35(36)50-2)38(43-22-42-32)44-31-9-7-24(15-30(31)41)16-34(48)37(29-17-26(40)8-10-33(29)47)46-20-25-5-3-4-6-27(25)39(46)49/h3-10,15,17-19,22-23,37,47H,11-14,16,20-21H2,1-2H3,(H,42,43,44). The first kappa shape index (κ1) is 33.9. The number of rotatable bonds is 11. The van der Waals surface area contributed by atoms with Gasteiger partial charge in [-0.05, 0) is 92.5 Å². The van der Waals surface area contributed by atoms with Crippen LogP contribution in [0.15, 0.2) is 79.1 Å². The van der Waals surface area contributed by atoms with E-state index in [4.69, 9.17) is 9.47 Å². The number of carbonyl (C=O) groups excluding carboxylic acids is 2. The molecule has 0 aliphatic carbocycles. The largest absolute Gasteiger partial charge is 0.508 e. The van der Waals surface area contributed by atoms with Crippen LogP contribution >= 0.6 is 0 Å². The van der Waals surface area contributed by atoms with Gasteiger partial charge in [0.15, 0.2) is 17.3 Å². The number of likely N-dealkylation sites (tertiary alicyclic amines) is 1. The minimum absolute atomic E-state index is 0.0404. The number of nitrogens with zero attached hydrogens (tertiary/aromatic N) is 4. The Morgan fingerprint density at radius 3 is 2.59 bits per heavy atom. The third kappa shape index (κ3) is 7.04. The molecule has 1 amide bonds. The van der Waals surface area contributed by atoms with Crippen LogP contribution in [0.25, 0.3) is 10.9 Å². The van der Waals surface area contributed by atoms with Crippen LogP contribution in [0.1, 0.15) is 45.9 Å². The number of hydrogen-bond donors (Lipinski definition) is 2. The quantitative estimate of drug-likeness (QED) is 0.158. The Hall–Kier alpha value is -5.62. The van der Waals surface area contributed by atoms with Crippen LogP contribution in [0.5, 0.6) is 17.2 Å². The highest BCUT2D eigenvalue weighted by Crippen LogP contribution is 2.38. The van der Waals surface area contributed by atoms with E-state index in [0.29, 0.717) is 57.4 Å². The van der Waals surface area contributed by atoms with Crippen molar-refractivity contribution in [2.24, 2.45) is 5.92 Å². The zero-order valence-corrected chi connectivity index (χ0v) is 28.2. The first-order chi connectivity index (χ1) is 24.7. The Kier molecular flexibility index (Phi) is 9.50. The average molecular weight is 694 g/mol. The minimum atomic E-state index is -1.30. The van der Waals surface area contributed by atoms with E-state index in [-0.39, 0.29) is 30.0 Å². The summed E-state index contributed by atoms with van der Waals surface area (Å²) in [6, 6.07) is 16.8. The molecule has 262 valence electrons. The molecule has 1 unspecified atom stereocenters. The fraction of sp³-hybridized carbons (Fsp3) is 0.282. The van der Waals surface area contributed by atoms with Gasteiger partial charge >= 0.3 is 0 Å². The summed E-state index contributed by atoms with van der Waals surface area (Å²) in [7, 11) is 3.67. The molecule has 4 aromatic carbocycles. The number of aromatic hydroxyl groups is 1. The third-order valence-electron chi connectivity index (χ3n) is 9.65. The molecule has 1 atom stereocenters. The molecule has 10 nitrogen and oxygen atoms in total. The zero-order chi connectivity index (χ0) is 35.6. The molecule has 3 heterocycles. The number of ketones is 1. The van der Waals surface area contributed by atoms with E-state index in [1.807, 2.05) is 0 Å². The van der Waals surface area contributed by atoms with Crippen LogP contribution in [0.2, 0.25) is 0 Å². The number of carbonyl (C=O) groups is 2. The van der Waals surface area contributed by atoms with Gasteiger partial charge in [-0.1, -0.05) is 24.3 Å². The van der Waals surface area contributed by atoms with Gasteiger partial charge in [-0.25, -0.2) is 18.7 Å². The monoisotopic (exact) mass is 693 g/mol. The minimum Gasteiger partial charge on any atom is -0.508 e. The van der Waals surface area contributed by atoms with Gasteiger partial charge in [0, 0.05) is 35.5 Å². The van der Waals surface area contributed by atoms with Crippen molar-refractivity contribution >= 4 is 34.1 Å². The molecule has 1 saturated heterocycles. The highest BCUT2D eigenvalue weighted by molar-refractivity contribution is 6.02. The predicted octanol–water partition coefficient (Wildman–Crippen LogP) is 6.60. The summed E-state index contributed by atoms with van der Waals surface area (Å²) in [5.74, 6) is -0.707. The Labute approximate surface area is 293 Å². The molecule has 2 aliphatic rings. The summed E-state index contributed by atoms with van der Waals surface area (Å²) < 4.78 is 41.9. The van der Waals surface area contributed by atoms with E-state index in [9.17, 15) is 19.1 Å². The van der Waals surface area contributed by atoms with Crippen molar-refractivity contribution in [2.75, 3.05) is 39.2 Å². The van der Waals surface area contributed by atoms with E-state index in [0.717, 1.165) is 44.1 Å². The number of ether oxygens (including phenoxy) is 2. The first-order valence-corrected chi connectivity index (χ1v) is 16.8. The normalized spacial score (nSPS) is 15.5. The summed E-state index contributed by atoms with van der Waals surface area (Å²) in [6.45, 7) is 2.74. The number of aromatic nitrogens is 2. The average Bonchev–Trinajstić information content (AvgIpc) is 3.45. The second kappa shape index (κ2) is 14.3. The third-order valence-corrected chi connectivity index (χ3v) is 9.65. The Balaban J connectivity index is 1.10. The molecule has 5 aromatic rings. The van der Waals surface area contributed by atoms with E-state index < -0.39 is 29.4 Å². The lowest BCUT2D eigenvalue weighted by molar-refractivity contribution is -0.123. The number of benzene rings is 4. The van der Waals surface area contributed by atoms with Crippen LogP contribution < -0.4 is 14.8 Å². The number of Topliss-reactive ketones (excluding diaryl/α,β-unsaturated/α-hetero) is 1. The lowest BCUT2D eigenvalue weighted by atomic mass is 9.95. The number of hydrogen-bond acceptors (Lipinski definition) is 9. The lowest BCUT2D eigenvalue weighted by Crippen LogP contribution is -2.35. The number of halogens is 2. The second-order valence-electron chi connectivity index (χ2n) is 13.1. The van der Waals surface area contributed by atoms with E-state index in [1.165, 1.54) is 23.4 Å². The summed E-state index contributed by atoms with van der Waals surface area (Å²) in [5, 5.41) is 14.3. The highest BCUT2D eigenvalue weighted by Gasteiger charge is 2.38.